The van der Waals surface area contributed by atoms with Gasteiger partial charge in [0.05, 0.1) is 22.4 Å². The van der Waals surface area contributed by atoms with E-state index in [1.807, 2.05) is 6.92 Å². The fraction of sp³-hybridized carbons (Fsp3) is 0.462. The monoisotopic (exact) mass is 277 g/mol. The van der Waals surface area contributed by atoms with Crippen LogP contribution in [0.1, 0.15) is 50.7 Å². The fourth-order valence-electron chi connectivity index (χ4n) is 2.42. The summed E-state index contributed by atoms with van der Waals surface area (Å²) >= 11 is 1.72. The van der Waals surface area contributed by atoms with Gasteiger partial charge in [0.2, 0.25) is 5.76 Å². The van der Waals surface area contributed by atoms with E-state index < -0.39 is 0 Å². The number of rotatable bonds is 2. The molecule has 0 bridgehead atoms. The molecule has 1 unspecified atom stereocenters. The predicted octanol–water partition coefficient (Wildman–Crippen LogP) is 2.56. The van der Waals surface area contributed by atoms with Crippen LogP contribution < -0.4 is 5.32 Å². The van der Waals surface area contributed by atoms with E-state index in [9.17, 15) is 4.79 Å². The molecule has 2 aromatic heterocycles. The summed E-state index contributed by atoms with van der Waals surface area (Å²) in [5.41, 5.74) is 1.64. The zero-order valence-electron chi connectivity index (χ0n) is 10.9. The number of carbonyl (C=O) groups excluding carboxylic acids is 1. The van der Waals surface area contributed by atoms with Crippen LogP contribution in [0.4, 0.5) is 0 Å². The first-order valence-electron chi connectivity index (χ1n) is 6.32. The number of nitrogens with one attached hydrogen (secondary N) is 1. The third kappa shape index (κ3) is 2.28. The molecule has 2 aromatic rings. The summed E-state index contributed by atoms with van der Waals surface area (Å²) in [5, 5.41) is 4.06. The molecular weight excluding hydrogens is 262 g/mol. The fourth-order valence-corrected chi connectivity index (χ4v) is 3.46. The summed E-state index contributed by atoms with van der Waals surface area (Å²) in [6.07, 6.45) is 4.36. The summed E-state index contributed by atoms with van der Waals surface area (Å²) in [6.45, 7) is 3.76. The molecule has 0 saturated carbocycles. The summed E-state index contributed by atoms with van der Waals surface area (Å²) in [5.74, 6) is 0.0811. The van der Waals surface area contributed by atoms with Gasteiger partial charge in [-0.05, 0) is 33.1 Å². The van der Waals surface area contributed by atoms with Crippen molar-refractivity contribution >= 4 is 17.2 Å². The third-order valence-electron chi connectivity index (χ3n) is 3.32. The number of thiazole rings is 1. The number of hydrogen-bond donors (Lipinski definition) is 1. The maximum atomic E-state index is 12.1. The van der Waals surface area contributed by atoms with Crippen LogP contribution in [0.25, 0.3) is 0 Å². The SMILES string of the molecule is Cc1nc2c(s1)CCCC2NC(=O)c1ocnc1C. The maximum Gasteiger partial charge on any atom is 0.289 e. The predicted molar refractivity (Wildman–Crippen MR) is 71.2 cm³/mol. The van der Waals surface area contributed by atoms with Crippen molar-refractivity contribution in [3.05, 3.63) is 33.4 Å². The second kappa shape index (κ2) is 4.77. The highest BCUT2D eigenvalue weighted by Gasteiger charge is 2.27. The maximum absolute atomic E-state index is 12.1. The Morgan fingerprint density at radius 1 is 1.53 bits per heavy atom. The van der Waals surface area contributed by atoms with E-state index in [2.05, 4.69) is 15.3 Å². The van der Waals surface area contributed by atoms with Crippen molar-refractivity contribution in [3.63, 3.8) is 0 Å². The van der Waals surface area contributed by atoms with Gasteiger partial charge >= 0.3 is 0 Å². The molecule has 0 aromatic carbocycles. The van der Waals surface area contributed by atoms with E-state index in [-0.39, 0.29) is 11.9 Å². The Bertz CT molecular complexity index is 617. The van der Waals surface area contributed by atoms with E-state index in [4.69, 9.17) is 4.42 Å². The van der Waals surface area contributed by atoms with Gasteiger partial charge in [-0.15, -0.1) is 11.3 Å². The smallest absolute Gasteiger partial charge is 0.289 e. The molecule has 19 heavy (non-hydrogen) atoms. The number of amides is 1. The van der Waals surface area contributed by atoms with Gasteiger partial charge in [-0.1, -0.05) is 0 Å². The Labute approximate surface area is 115 Å². The summed E-state index contributed by atoms with van der Waals surface area (Å²) < 4.78 is 5.12. The first-order chi connectivity index (χ1) is 9.15. The van der Waals surface area contributed by atoms with Crippen LogP contribution in [0.2, 0.25) is 0 Å². The van der Waals surface area contributed by atoms with Crippen molar-refractivity contribution in [1.29, 1.82) is 0 Å². The number of hydrogen-bond acceptors (Lipinski definition) is 5. The number of oxazole rings is 1. The first-order valence-corrected chi connectivity index (χ1v) is 7.14. The Morgan fingerprint density at radius 3 is 3.11 bits per heavy atom. The summed E-state index contributed by atoms with van der Waals surface area (Å²) in [4.78, 5) is 21.9. The number of nitrogens with zero attached hydrogens (tertiary/aromatic N) is 2. The molecule has 1 atom stereocenters. The Morgan fingerprint density at radius 2 is 2.37 bits per heavy atom. The molecule has 1 aliphatic rings. The average molecular weight is 277 g/mol. The first kappa shape index (κ1) is 12.3. The van der Waals surface area contributed by atoms with Gasteiger partial charge in [0, 0.05) is 4.88 Å². The molecule has 1 aliphatic carbocycles. The largest absolute Gasteiger partial charge is 0.438 e. The second-order valence-electron chi connectivity index (χ2n) is 4.73. The molecule has 5 nitrogen and oxygen atoms in total. The lowest BCUT2D eigenvalue weighted by Gasteiger charge is -2.21. The second-order valence-corrected chi connectivity index (χ2v) is 6.01. The van der Waals surface area contributed by atoms with Crippen LogP contribution in [-0.2, 0) is 6.42 Å². The zero-order valence-corrected chi connectivity index (χ0v) is 11.7. The molecule has 0 spiro atoms. The molecule has 0 aliphatic heterocycles. The molecule has 1 amide bonds. The van der Waals surface area contributed by atoms with Gasteiger partial charge in [0.15, 0.2) is 6.39 Å². The van der Waals surface area contributed by atoms with Crippen molar-refractivity contribution in [2.45, 2.75) is 39.2 Å². The molecule has 0 radical (unpaired) electrons. The van der Waals surface area contributed by atoms with Crippen LogP contribution >= 0.6 is 11.3 Å². The molecule has 6 heteroatoms. The van der Waals surface area contributed by atoms with E-state index in [0.717, 1.165) is 30.0 Å². The lowest BCUT2D eigenvalue weighted by molar-refractivity contribution is 0.0903. The number of fused-ring (bicyclic) bond motifs is 1. The van der Waals surface area contributed by atoms with Crippen LogP contribution in [0.15, 0.2) is 10.8 Å². The van der Waals surface area contributed by atoms with Crippen LogP contribution in [-0.4, -0.2) is 15.9 Å². The van der Waals surface area contributed by atoms with E-state index in [1.165, 1.54) is 11.3 Å². The Kier molecular flexibility index (Phi) is 3.10. The van der Waals surface area contributed by atoms with Gasteiger partial charge in [0.25, 0.3) is 5.91 Å². The minimum atomic E-state index is -0.210. The standard InChI is InChI=1S/C13H15N3O2S/c1-7-12(18-6-14-7)13(17)16-9-4-3-5-10-11(9)15-8(2)19-10/h6,9H,3-5H2,1-2H3,(H,16,17). The lowest BCUT2D eigenvalue weighted by Crippen LogP contribution is -2.31. The van der Waals surface area contributed by atoms with Crippen molar-refractivity contribution in [2.24, 2.45) is 0 Å². The topological polar surface area (TPSA) is 68.0 Å². The van der Waals surface area contributed by atoms with Gasteiger partial charge in [-0.2, -0.15) is 0 Å². The highest BCUT2D eigenvalue weighted by molar-refractivity contribution is 7.11. The number of carbonyl (C=O) groups is 1. The molecule has 100 valence electrons. The van der Waals surface area contributed by atoms with Gasteiger partial charge in [0.1, 0.15) is 0 Å². The molecule has 0 saturated heterocycles. The van der Waals surface area contributed by atoms with Crippen LogP contribution in [0.3, 0.4) is 0 Å². The van der Waals surface area contributed by atoms with E-state index in [1.54, 1.807) is 18.3 Å². The van der Waals surface area contributed by atoms with Crippen molar-refractivity contribution in [3.8, 4) is 0 Å². The number of aromatic nitrogens is 2. The van der Waals surface area contributed by atoms with Crippen LogP contribution in [0, 0.1) is 13.8 Å². The highest BCUT2D eigenvalue weighted by atomic mass is 32.1. The zero-order chi connectivity index (χ0) is 13.4. The molecule has 2 heterocycles. The van der Waals surface area contributed by atoms with E-state index in [0.29, 0.717) is 11.5 Å². The van der Waals surface area contributed by atoms with Gasteiger partial charge in [-0.3, -0.25) is 4.79 Å². The molecular formula is C13H15N3O2S. The van der Waals surface area contributed by atoms with Crippen molar-refractivity contribution in [1.82, 2.24) is 15.3 Å². The molecule has 0 fully saturated rings. The van der Waals surface area contributed by atoms with Crippen LogP contribution in [0.5, 0.6) is 0 Å². The highest BCUT2D eigenvalue weighted by Crippen LogP contribution is 2.33. The Balaban J connectivity index is 1.81. The minimum absolute atomic E-state index is 0.00861. The molecule has 3 rings (SSSR count). The van der Waals surface area contributed by atoms with E-state index >= 15 is 0 Å². The summed E-state index contributed by atoms with van der Waals surface area (Å²) in [6, 6.07) is -0.00861. The quantitative estimate of drug-likeness (QED) is 0.916. The van der Waals surface area contributed by atoms with Crippen molar-refractivity contribution < 1.29 is 9.21 Å². The third-order valence-corrected chi connectivity index (χ3v) is 4.36. The Hall–Kier alpha value is -1.69. The average Bonchev–Trinajstić information content (AvgIpc) is 2.94. The minimum Gasteiger partial charge on any atom is -0.438 e. The van der Waals surface area contributed by atoms with Crippen molar-refractivity contribution in [2.75, 3.05) is 0 Å². The van der Waals surface area contributed by atoms with Gasteiger partial charge in [-0.25, -0.2) is 9.97 Å². The summed E-state index contributed by atoms with van der Waals surface area (Å²) in [7, 11) is 0. The number of aryl methyl sites for hydroxylation is 3. The normalized spacial score (nSPS) is 18.1. The molecule has 1 N–H and O–H groups in total. The van der Waals surface area contributed by atoms with Gasteiger partial charge < -0.3 is 9.73 Å². The lowest BCUT2D eigenvalue weighted by atomic mass is 9.97.